The highest BCUT2D eigenvalue weighted by Gasteiger charge is 2.25. The van der Waals surface area contributed by atoms with Crippen molar-refractivity contribution in [1.82, 2.24) is 29.7 Å². The van der Waals surface area contributed by atoms with Crippen LogP contribution >= 0.6 is 0 Å². The van der Waals surface area contributed by atoms with Gasteiger partial charge in [0.25, 0.3) is 6.43 Å². The maximum Gasteiger partial charge on any atom is 0.257 e. The number of hydrogen-bond acceptors (Lipinski definition) is 7. The van der Waals surface area contributed by atoms with Crippen LogP contribution in [0.3, 0.4) is 0 Å². The number of aromatic amines is 1. The molecule has 4 aromatic rings. The third-order valence-electron chi connectivity index (χ3n) is 6.29. The standard InChI is InChI=1S/C24H21F2N9/c25-21(26)12-35-11-18(10-32-35)22-17(8-28)9-29-24(34-22)33-19-3-1-2-14(5-19)15-4-16(7-27)23-20(6-15)30-13-31-23/h4,6,9-11,13-14,19,21H,1-3,5,12H2,(H,30,31)(H,29,33,34)/t14-,19+/m0/s1. The Morgan fingerprint density at radius 1 is 1.14 bits per heavy atom. The number of anilines is 1. The molecule has 3 aromatic heterocycles. The van der Waals surface area contributed by atoms with E-state index in [0.29, 0.717) is 28.3 Å². The Hall–Kier alpha value is -4.38. The van der Waals surface area contributed by atoms with Crippen molar-refractivity contribution in [3.63, 3.8) is 0 Å². The normalized spacial score (nSPS) is 17.9. The van der Waals surface area contributed by atoms with Gasteiger partial charge in [-0.2, -0.15) is 15.6 Å². The molecule has 0 bridgehead atoms. The van der Waals surface area contributed by atoms with Crippen LogP contribution in [0.25, 0.3) is 22.3 Å². The first-order valence-corrected chi connectivity index (χ1v) is 11.3. The van der Waals surface area contributed by atoms with Gasteiger partial charge in [-0.25, -0.2) is 23.7 Å². The quantitative estimate of drug-likeness (QED) is 0.425. The molecule has 0 radical (unpaired) electrons. The molecule has 1 saturated carbocycles. The van der Waals surface area contributed by atoms with E-state index < -0.39 is 13.0 Å². The van der Waals surface area contributed by atoms with Crippen molar-refractivity contribution in [2.75, 3.05) is 5.32 Å². The van der Waals surface area contributed by atoms with E-state index in [4.69, 9.17) is 0 Å². The van der Waals surface area contributed by atoms with Gasteiger partial charge in [0.1, 0.15) is 24.2 Å². The Bertz CT molecular complexity index is 1440. The molecule has 3 heterocycles. The lowest BCUT2D eigenvalue weighted by Gasteiger charge is -2.30. The first kappa shape index (κ1) is 22.4. The highest BCUT2D eigenvalue weighted by atomic mass is 19.3. The number of fused-ring (bicyclic) bond motifs is 1. The largest absolute Gasteiger partial charge is 0.351 e. The lowest BCUT2D eigenvalue weighted by atomic mass is 9.81. The average Bonchev–Trinajstić information content (AvgIpc) is 3.53. The predicted molar refractivity (Wildman–Crippen MR) is 123 cm³/mol. The number of nitriles is 2. The molecule has 2 N–H and O–H groups in total. The van der Waals surface area contributed by atoms with Crippen LogP contribution < -0.4 is 5.32 Å². The van der Waals surface area contributed by atoms with Crippen LogP contribution in [0, 0.1) is 22.7 Å². The van der Waals surface area contributed by atoms with Crippen molar-refractivity contribution in [3.05, 3.63) is 53.7 Å². The maximum atomic E-state index is 12.7. The summed E-state index contributed by atoms with van der Waals surface area (Å²) in [7, 11) is 0. The van der Waals surface area contributed by atoms with Gasteiger partial charge in [-0.1, -0.05) is 6.42 Å². The summed E-state index contributed by atoms with van der Waals surface area (Å²) >= 11 is 0. The van der Waals surface area contributed by atoms with Gasteiger partial charge in [0, 0.05) is 17.8 Å². The van der Waals surface area contributed by atoms with Gasteiger partial charge in [0.05, 0.1) is 41.1 Å². The summed E-state index contributed by atoms with van der Waals surface area (Å²) in [6.07, 6.45) is 7.13. The monoisotopic (exact) mass is 473 g/mol. The molecule has 0 amide bonds. The summed E-state index contributed by atoms with van der Waals surface area (Å²) in [6, 6.07) is 8.37. The maximum absolute atomic E-state index is 12.7. The molecule has 1 fully saturated rings. The molecule has 0 spiro atoms. The molecule has 35 heavy (non-hydrogen) atoms. The summed E-state index contributed by atoms with van der Waals surface area (Å²) in [5.41, 5.74) is 4.25. The Labute approximate surface area is 199 Å². The summed E-state index contributed by atoms with van der Waals surface area (Å²) < 4.78 is 26.5. The molecule has 2 atom stereocenters. The Balaban J connectivity index is 1.36. The summed E-state index contributed by atoms with van der Waals surface area (Å²) in [6.45, 7) is -0.528. The molecular weight excluding hydrogens is 452 g/mol. The van der Waals surface area contributed by atoms with Crippen LogP contribution in [0.1, 0.15) is 48.3 Å². The van der Waals surface area contributed by atoms with Gasteiger partial charge in [0.15, 0.2) is 0 Å². The zero-order chi connectivity index (χ0) is 24.4. The highest BCUT2D eigenvalue weighted by Crippen LogP contribution is 2.36. The van der Waals surface area contributed by atoms with E-state index in [-0.39, 0.29) is 17.5 Å². The van der Waals surface area contributed by atoms with Crippen molar-refractivity contribution in [1.29, 1.82) is 10.5 Å². The molecule has 0 saturated heterocycles. The molecule has 9 nitrogen and oxygen atoms in total. The molecule has 11 heteroatoms. The number of alkyl halides is 2. The fraction of sp³-hybridized carbons (Fsp3) is 0.333. The second-order valence-electron chi connectivity index (χ2n) is 8.59. The van der Waals surface area contributed by atoms with Gasteiger partial charge >= 0.3 is 0 Å². The van der Waals surface area contributed by atoms with Gasteiger partial charge in [-0.15, -0.1) is 0 Å². The number of aromatic nitrogens is 6. The third kappa shape index (κ3) is 4.66. The molecular formula is C24H21F2N9. The zero-order valence-corrected chi connectivity index (χ0v) is 18.6. The molecule has 1 aromatic carbocycles. The Kier molecular flexibility index (Phi) is 6.06. The summed E-state index contributed by atoms with van der Waals surface area (Å²) in [5.74, 6) is 0.625. The van der Waals surface area contributed by atoms with Crippen LogP contribution in [-0.2, 0) is 6.54 Å². The van der Waals surface area contributed by atoms with E-state index in [1.54, 1.807) is 6.33 Å². The summed E-state index contributed by atoms with van der Waals surface area (Å²) in [4.78, 5) is 16.1. The molecule has 5 rings (SSSR count). The van der Waals surface area contributed by atoms with E-state index in [1.807, 2.05) is 6.07 Å². The zero-order valence-electron chi connectivity index (χ0n) is 18.6. The SMILES string of the molecule is N#Cc1cnc(N[C@@H]2CCC[C@H](c3cc(C#N)c4nc[nH]c4c3)C2)nc1-c1cnn(CC(F)F)c1. The predicted octanol–water partition coefficient (Wildman–Crippen LogP) is 4.36. The number of nitrogens with zero attached hydrogens (tertiary/aromatic N) is 7. The second-order valence-corrected chi connectivity index (χ2v) is 8.59. The number of halogens is 2. The van der Waals surface area contributed by atoms with Gasteiger partial charge in [-0.3, -0.25) is 4.68 Å². The number of nitrogens with one attached hydrogen (secondary N) is 2. The van der Waals surface area contributed by atoms with Crippen LogP contribution in [0.2, 0.25) is 0 Å². The van der Waals surface area contributed by atoms with Crippen LogP contribution in [0.15, 0.2) is 37.1 Å². The van der Waals surface area contributed by atoms with E-state index in [2.05, 4.69) is 48.6 Å². The van der Waals surface area contributed by atoms with Crippen molar-refractivity contribution in [3.8, 4) is 23.4 Å². The molecule has 1 aliphatic rings. The number of rotatable bonds is 6. The second kappa shape index (κ2) is 9.47. The Morgan fingerprint density at radius 2 is 2.00 bits per heavy atom. The molecule has 0 unspecified atom stereocenters. The fourth-order valence-electron chi connectivity index (χ4n) is 4.68. The molecule has 0 aliphatic heterocycles. The third-order valence-corrected chi connectivity index (χ3v) is 6.29. The first-order chi connectivity index (χ1) is 17.0. The van der Waals surface area contributed by atoms with Crippen LogP contribution in [0.4, 0.5) is 14.7 Å². The molecule has 1 aliphatic carbocycles. The van der Waals surface area contributed by atoms with E-state index in [1.165, 1.54) is 18.6 Å². The van der Waals surface area contributed by atoms with Crippen LogP contribution in [0.5, 0.6) is 0 Å². The van der Waals surface area contributed by atoms with Crippen molar-refractivity contribution in [2.45, 2.75) is 50.6 Å². The summed E-state index contributed by atoms with van der Waals surface area (Å²) in [5, 5.41) is 26.3. The first-order valence-electron chi connectivity index (χ1n) is 11.3. The number of H-pyrrole nitrogens is 1. The van der Waals surface area contributed by atoms with Gasteiger partial charge < -0.3 is 10.3 Å². The minimum absolute atomic E-state index is 0.0964. The van der Waals surface area contributed by atoms with E-state index >= 15 is 0 Å². The number of benzene rings is 1. The van der Waals surface area contributed by atoms with Gasteiger partial charge in [-0.05, 0) is 42.9 Å². The number of hydrogen-bond donors (Lipinski definition) is 2. The fourth-order valence-corrected chi connectivity index (χ4v) is 4.68. The number of imidazole rings is 1. The average molecular weight is 473 g/mol. The molecule has 176 valence electrons. The minimum Gasteiger partial charge on any atom is -0.351 e. The van der Waals surface area contributed by atoms with E-state index in [0.717, 1.165) is 41.4 Å². The van der Waals surface area contributed by atoms with Crippen molar-refractivity contribution < 1.29 is 8.78 Å². The topological polar surface area (TPSA) is 132 Å². The van der Waals surface area contributed by atoms with Crippen molar-refractivity contribution >= 4 is 17.0 Å². The lowest BCUT2D eigenvalue weighted by Crippen LogP contribution is -2.27. The van der Waals surface area contributed by atoms with Gasteiger partial charge in [0.2, 0.25) is 5.95 Å². The smallest absolute Gasteiger partial charge is 0.257 e. The highest BCUT2D eigenvalue weighted by molar-refractivity contribution is 5.82. The van der Waals surface area contributed by atoms with Crippen molar-refractivity contribution in [2.24, 2.45) is 0 Å². The Morgan fingerprint density at radius 3 is 2.80 bits per heavy atom. The van der Waals surface area contributed by atoms with Crippen LogP contribution in [-0.4, -0.2) is 42.2 Å². The van der Waals surface area contributed by atoms with E-state index in [9.17, 15) is 19.3 Å². The minimum atomic E-state index is -2.53. The lowest BCUT2D eigenvalue weighted by molar-refractivity contribution is 0.122.